The molecule has 0 aromatic carbocycles. The highest BCUT2D eigenvalue weighted by molar-refractivity contribution is 7.09. The zero-order chi connectivity index (χ0) is 10.7. The number of thiazole rings is 1. The molecule has 1 aromatic rings. The molecule has 1 fully saturated rings. The number of likely N-dealkylation sites (tertiary alicyclic amines) is 1. The summed E-state index contributed by atoms with van der Waals surface area (Å²) < 4.78 is 0. The molecule has 6 heteroatoms. The van der Waals surface area contributed by atoms with Crippen molar-refractivity contribution in [2.45, 2.75) is 32.2 Å². The normalized spacial score (nSPS) is 20.5. The lowest BCUT2D eigenvalue weighted by atomic mass is 10.1. The van der Waals surface area contributed by atoms with Crippen molar-refractivity contribution in [3.63, 3.8) is 0 Å². The first-order valence-electron chi connectivity index (χ1n) is 5.62. The largest absolute Gasteiger partial charge is 0.327 e. The molecule has 0 radical (unpaired) electrons. The third-order valence-electron chi connectivity index (χ3n) is 3.04. The number of hydrogen-bond acceptors (Lipinski definition) is 4. The van der Waals surface area contributed by atoms with Crippen LogP contribution in [0.3, 0.4) is 0 Å². The van der Waals surface area contributed by atoms with E-state index in [-0.39, 0.29) is 24.8 Å². The molecule has 0 spiro atoms. The van der Waals surface area contributed by atoms with Crippen LogP contribution in [0, 0.1) is 6.92 Å². The van der Waals surface area contributed by atoms with Crippen molar-refractivity contribution in [1.29, 1.82) is 0 Å². The Morgan fingerprint density at radius 1 is 1.53 bits per heavy atom. The van der Waals surface area contributed by atoms with E-state index in [2.05, 4.69) is 16.8 Å². The Kier molecular flexibility index (Phi) is 8.33. The number of aromatic nitrogens is 1. The molecule has 2 heterocycles. The number of nitrogens with zero attached hydrogens (tertiary/aromatic N) is 2. The summed E-state index contributed by atoms with van der Waals surface area (Å²) in [5.41, 5.74) is 9.09. The van der Waals surface area contributed by atoms with Crippen LogP contribution in [0.4, 0.5) is 0 Å². The summed E-state index contributed by atoms with van der Waals surface area (Å²) >= 11 is 1.77. The van der Waals surface area contributed by atoms with Gasteiger partial charge >= 0.3 is 0 Å². The third kappa shape index (κ3) is 5.10. The van der Waals surface area contributed by atoms with Crippen molar-refractivity contribution in [2.24, 2.45) is 5.73 Å². The van der Waals surface area contributed by atoms with Crippen LogP contribution in [0.1, 0.15) is 23.4 Å². The number of rotatable bonds is 3. The van der Waals surface area contributed by atoms with Crippen molar-refractivity contribution in [1.82, 2.24) is 9.88 Å². The molecule has 2 N–H and O–H groups in total. The van der Waals surface area contributed by atoms with E-state index in [1.54, 1.807) is 11.3 Å². The number of aryl methyl sites for hydroxylation is 1. The van der Waals surface area contributed by atoms with Crippen LogP contribution in [0.5, 0.6) is 0 Å². The molecular weight excluding hydrogens is 277 g/mol. The Hall–Kier alpha value is 0.130. The van der Waals surface area contributed by atoms with E-state index in [1.807, 2.05) is 5.51 Å². The Labute approximate surface area is 120 Å². The lowest BCUT2D eigenvalue weighted by Crippen LogP contribution is -2.43. The maximum absolute atomic E-state index is 5.95. The van der Waals surface area contributed by atoms with Gasteiger partial charge in [0.2, 0.25) is 0 Å². The lowest BCUT2D eigenvalue weighted by molar-refractivity contribution is 0.212. The monoisotopic (exact) mass is 297 g/mol. The number of nitrogens with two attached hydrogens (primary N) is 1. The minimum Gasteiger partial charge on any atom is -0.327 e. The van der Waals surface area contributed by atoms with Crippen LogP contribution < -0.4 is 5.73 Å². The van der Waals surface area contributed by atoms with Crippen molar-refractivity contribution in [3.8, 4) is 0 Å². The fourth-order valence-electron chi connectivity index (χ4n) is 2.12. The van der Waals surface area contributed by atoms with Crippen LogP contribution in [0.25, 0.3) is 0 Å². The summed E-state index contributed by atoms with van der Waals surface area (Å²) in [5.74, 6) is 0. The third-order valence-corrected chi connectivity index (χ3v) is 4.04. The lowest BCUT2D eigenvalue weighted by Gasteiger charge is -2.30. The molecule has 100 valence electrons. The molecular formula is C11H21Cl2N3S. The first kappa shape index (κ1) is 17.1. The van der Waals surface area contributed by atoms with E-state index in [0.29, 0.717) is 6.04 Å². The molecule has 1 aliphatic heterocycles. The highest BCUT2D eigenvalue weighted by Crippen LogP contribution is 2.15. The number of hydrogen-bond donors (Lipinski definition) is 1. The van der Waals surface area contributed by atoms with Gasteiger partial charge in [-0.1, -0.05) is 0 Å². The molecule has 0 bridgehead atoms. The van der Waals surface area contributed by atoms with Gasteiger partial charge in [0, 0.05) is 24.0 Å². The molecule has 1 aliphatic rings. The van der Waals surface area contributed by atoms with Gasteiger partial charge in [0.1, 0.15) is 0 Å². The van der Waals surface area contributed by atoms with Crippen molar-refractivity contribution in [3.05, 3.63) is 16.1 Å². The van der Waals surface area contributed by atoms with E-state index in [4.69, 9.17) is 5.73 Å². The second kappa shape index (κ2) is 8.27. The first-order valence-corrected chi connectivity index (χ1v) is 6.50. The minimum atomic E-state index is 0. The Balaban J connectivity index is 0.00000128. The topological polar surface area (TPSA) is 42.2 Å². The second-order valence-electron chi connectivity index (χ2n) is 4.31. The van der Waals surface area contributed by atoms with Crippen LogP contribution in [0.2, 0.25) is 0 Å². The van der Waals surface area contributed by atoms with Crippen LogP contribution >= 0.6 is 36.2 Å². The van der Waals surface area contributed by atoms with E-state index in [9.17, 15) is 0 Å². The standard InChI is InChI=1S/C11H19N3S.2ClH/c1-9-11(15-8-13-9)4-6-14-5-2-3-10(12)7-14;;/h8,10H,2-7,12H2,1H3;2*1H/t10-;;/m1../s1. The molecule has 0 unspecified atom stereocenters. The van der Waals surface area contributed by atoms with Gasteiger partial charge in [-0.2, -0.15) is 0 Å². The van der Waals surface area contributed by atoms with Gasteiger partial charge in [0.05, 0.1) is 11.2 Å². The Morgan fingerprint density at radius 2 is 2.29 bits per heavy atom. The predicted molar refractivity (Wildman–Crippen MR) is 78.7 cm³/mol. The van der Waals surface area contributed by atoms with Gasteiger partial charge in [0.15, 0.2) is 0 Å². The maximum Gasteiger partial charge on any atom is 0.0797 e. The van der Waals surface area contributed by atoms with E-state index in [1.165, 1.54) is 30.0 Å². The van der Waals surface area contributed by atoms with E-state index >= 15 is 0 Å². The molecule has 2 rings (SSSR count). The summed E-state index contributed by atoms with van der Waals surface area (Å²) in [4.78, 5) is 8.18. The highest BCUT2D eigenvalue weighted by Gasteiger charge is 2.16. The van der Waals surface area contributed by atoms with E-state index < -0.39 is 0 Å². The Bertz CT molecular complexity index is 319. The Morgan fingerprint density at radius 3 is 2.88 bits per heavy atom. The molecule has 0 saturated carbocycles. The number of piperidine rings is 1. The molecule has 17 heavy (non-hydrogen) atoms. The van der Waals surface area contributed by atoms with Gasteiger partial charge in [-0.3, -0.25) is 0 Å². The van der Waals surface area contributed by atoms with Crippen LogP contribution in [-0.4, -0.2) is 35.6 Å². The van der Waals surface area contributed by atoms with Gasteiger partial charge in [0.25, 0.3) is 0 Å². The summed E-state index contributed by atoms with van der Waals surface area (Å²) in [5, 5.41) is 0. The molecule has 1 aromatic heterocycles. The zero-order valence-corrected chi connectivity index (χ0v) is 12.5. The van der Waals surface area contributed by atoms with E-state index in [0.717, 1.165) is 19.5 Å². The summed E-state index contributed by atoms with van der Waals surface area (Å²) in [7, 11) is 0. The van der Waals surface area contributed by atoms with Gasteiger partial charge in [-0.25, -0.2) is 4.98 Å². The van der Waals surface area contributed by atoms with Crippen LogP contribution in [-0.2, 0) is 6.42 Å². The maximum atomic E-state index is 5.95. The SMILES string of the molecule is Cc1ncsc1CCN1CCC[C@@H](N)C1.Cl.Cl. The smallest absolute Gasteiger partial charge is 0.0797 e. The molecule has 3 nitrogen and oxygen atoms in total. The first-order chi connectivity index (χ1) is 7.25. The molecule has 0 aliphatic carbocycles. The van der Waals surface area contributed by atoms with Crippen molar-refractivity contribution >= 4 is 36.2 Å². The van der Waals surface area contributed by atoms with Gasteiger partial charge < -0.3 is 10.6 Å². The predicted octanol–water partition coefficient (Wildman–Crippen LogP) is 2.26. The quantitative estimate of drug-likeness (QED) is 0.931. The average Bonchev–Trinajstić information content (AvgIpc) is 2.61. The number of halogens is 2. The molecule has 0 amide bonds. The van der Waals surface area contributed by atoms with Gasteiger partial charge in [-0.05, 0) is 32.7 Å². The summed E-state index contributed by atoms with van der Waals surface area (Å²) in [6.07, 6.45) is 3.57. The second-order valence-corrected chi connectivity index (χ2v) is 5.25. The molecule has 1 atom stereocenters. The fraction of sp³-hybridized carbons (Fsp3) is 0.727. The van der Waals surface area contributed by atoms with Crippen molar-refractivity contribution < 1.29 is 0 Å². The minimum absolute atomic E-state index is 0. The van der Waals surface area contributed by atoms with Gasteiger partial charge in [-0.15, -0.1) is 36.2 Å². The molecule has 1 saturated heterocycles. The fourth-order valence-corrected chi connectivity index (χ4v) is 2.89. The highest BCUT2D eigenvalue weighted by atomic mass is 35.5. The summed E-state index contributed by atoms with van der Waals surface area (Å²) in [6.45, 7) is 5.51. The average molecular weight is 298 g/mol. The van der Waals surface area contributed by atoms with Crippen molar-refractivity contribution in [2.75, 3.05) is 19.6 Å². The van der Waals surface area contributed by atoms with Crippen LogP contribution in [0.15, 0.2) is 5.51 Å². The zero-order valence-electron chi connectivity index (χ0n) is 10.1. The summed E-state index contributed by atoms with van der Waals surface area (Å²) in [6, 6.07) is 0.390.